The minimum Gasteiger partial charge on any atom is -0.504 e. The topological polar surface area (TPSA) is 190 Å². The summed E-state index contributed by atoms with van der Waals surface area (Å²) in [6, 6.07) is 8.87. The number of hydrogen-bond donors (Lipinski definition) is 3. The number of rotatable bonds is 10. The Morgan fingerprint density at radius 2 is 1.27 bits per heavy atom. The molecule has 0 spiro atoms. The number of ether oxygens (including phenoxy) is 4. The number of nitrogens with zero attached hydrogens (tertiary/aromatic N) is 2. The van der Waals surface area contributed by atoms with Crippen molar-refractivity contribution < 1.29 is 52.8 Å². The van der Waals surface area contributed by atoms with Gasteiger partial charge in [0.25, 0.3) is 0 Å². The lowest BCUT2D eigenvalue weighted by Crippen LogP contribution is -2.49. The summed E-state index contributed by atoms with van der Waals surface area (Å²) in [6.45, 7) is 16.1. The normalized spacial score (nSPS) is 20.5. The lowest BCUT2D eigenvalue weighted by Gasteiger charge is -2.45. The Kier molecular flexibility index (Phi) is 20.0. The molecule has 15 nitrogen and oxygen atoms in total. The maximum absolute atomic E-state index is 12.4. The van der Waals surface area contributed by atoms with Gasteiger partial charge < -0.3 is 34.7 Å². The van der Waals surface area contributed by atoms with Crippen molar-refractivity contribution >= 4 is 24.5 Å². The number of aromatic hydroxyl groups is 1. The first-order valence-electron chi connectivity index (χ1n) is 20.7. The Balaban J connectivity index is 0.000000285. The number of benzene rings is 2. The summed E-state index contributed by atoms with van der Waals surface area (Å²) in [6.07, 6.45) is 10.6. The molecular formula is C44H64N4O11. The Bertz CT molecular complexity index is 1720. The lowest BCUT2D eigenvalue weighted by molar-refractivity contribution is -0.193. The van der Waals surface area contributed by atoms with Crippen molar-refractivity contribution in [2.45, 2.75) is 111 Å². The number of hydrogen-bond acceptors (Lipinski definition) is 13. The number of likely N-dealkylation sites (tertiary alicyclic amines) is 2. The molecular weight excluding hydrogens is 761 g/mol. The van der Waals surface area contributed by atoms with Gasteiger partial charge in [-0.25, -0.2) is 9.59 Å². The van der Waals surface area contributed by atoms with E-state index in [4.69, 9.17) is 38.1 Å². The molecule has 6 rings (SSSR count). The smallest absolute Gasteiger partial charge is 0.412 e. The average Bonchev–Trinajstić information content (AvgIpc) is 3.20. The SMILES string of the molecule is CCCN1CCC[C@@H]2Cc3c(ccc(OC(=O)NC)c3O)C[C@H]21.CCCN1CCC[C@@H]2Cc3c(ccc(OC(=O)NCC(C)(C)C)c3OCOC)C[C@H]21.O=C=O.O=C=O. The Morgan fingerprint density at radius 1 is 0.780 bits per heavy atom. The molecule has 0 unspecified atom stereocenters. The van der Waals surface area contributed by atoms with Crippen LogP contribution in [0.15, 0.2) is 24.3 Å². The molecule has 59 heavy (non-hydrogen) atoms. The Hall–Kier alpha value is -4.78. The summed E-state index contributed by atoms with van der Waals surface area (Å²) >= 11 is 0. The van der Waals surface area contributed by atoms with E-state index in [1.807, 2.05) is 12.1 Å². The average molecular weight is 825 g/mol. The van der Waals surface area contributed by atoms with Crippen LogP contribution in [0.5, 0.6) is 23.0 Å². The number of carbonyl (C=O) groups is 2. The van der Waals surface area contributed by atoms with Crippen LogP contribution in [0.25, 0.3) is 0 Å². The third kappa shape index (κ3) is 14.2. The second-order valence-electron chi connectivity index (χ2n) is 16.6. The standard InChI is InChI=1S/C24H38N2O4.C18H26N2O3.2CO2/c1-6-11-26-12-7-8-18-13-19-17(14-20(18)26)9-10-21(22(19)29-16-28-5)30-23(27)25-15-24(2,3)4;1-3-8-20-9-4-5-13-10-14-12(11-15(13)20)6-7-16(17(14)21)23-18(22)19-2;2*2-1-3/h9-10,18,20H,6-8,11-16H2,1-5H3,(H,25,27);6-7,13,15,21H,3-5,8-11H2,1-2H3,(H,19,22);;/t18-,20-;13-,15-;;/m11../s1. The van der Waals surface area contributed by atoms with E-state index in [2.05, 4.69) is 61.1 Å². The van der Waals surface area contributed by atoms with Crippen LogP contribution < -0.4 is 24.8 Å². The predicted molar refractivity (Wildman–Crippen MR) is 217 cm³/mol. The molecule has 2 aromatic carbocycles. The van der Waals surface area contributed by atoms with E-state index < -0.39 is 12.2 Å². The first kappa shape index (κ1) is 48.6. The number of fused-ring (bicyclic) bond motifs is 4. The number of phenols is 1. The molecule has 2 fully saturated rings. The maximum Gasteiger partial charge on any atom is 0.412 e. The van der Waals surface area contributed by atoms with Crippen LogP contribution in [0.1, 0.15) is 95.4 Å². The number of amides is 2. The van der Waals surface area contributed by atoms with Gasteiger partial charge in [-0.05, 0) is 131 Å². The highest BCUT2D eigenvalue weighted by atomic mass is 16.7. The van der Waals surface area contributed by atoms with Gasteiger partial charge in [0.15, 0.2) is 29.8 Å². The van der Waals surface area contributed by atoms with Gasteiger partial charge in [0.05, 0.1) is 0 Å². The predicted octanol–water partition coefficient (Wildman–Crippen LogP) is 5.93. The molecule has 0 saturated carbocycles. The molecule has 0 radical (unpaired) electrons. The van der Waals surface area contributed by atoms with Gasteiger partial charge in [0.1, 0.15) is 0 Å². The van der Waals surface area contributed by atoms with Gasteiger partial charge in [-0.3, -0.25) is 9.80 Å². The first-order chi connectivity index (χ1) is 28.3. The molecule has 0 bridgehead atoms. The van der Waals surface area contributed by atoms with Crippen LogP contribution in [-0.2, 0) is 49.6 Å². The molecule has 2 aliphatic carbocycles. The summed E-state index contributed by atoms with van der Waals surface area (Å²) in [4.78, 5) is 61.5. The molecule has 2 amide bonds. The van der Waals surface area contributed by atoms with E-state index in [9.17, 15) is 14.7 Å². The second-order valence-corrected chi connectivity index (χ2v) is 16.6. The highest BCUT2D eigenvalue weighted by Crippen LogP contribution is 2.44. The number of carbonyl (C=O) groups excluding carboxylic acids is 6. The van der Waals surface area contributed by atoms with Gasteiger partial charge in [0.2, 0.25) is 0 Å². The fourth-order valence-electron chi connectivity index (χ4n) is 8.80. The molecule has 15 heteroatoms. The summed E-state index contributed by atoms with van der Waals surface area (Å²) in [5.74, 6) is 2.72. The highest BCUT2D eigenvalue weighted by molar-refractivity contribution is 5.72. The molecule has 0 aromatic heterocycles. The zero-order valence-electron chi connectivity index (χ0n) is 35.9. The van der Waals surface area contributed by atoms with Crippen molar-refractivity contribution in [2.75, 3.05) is 53.7 Å². The fraction of sp³-hybridized carbons (Fsp3) is 0.636. The Morgan fingerprint density at radius 3 is 1.76 bits per heavy atom. The molecule has 2 aromatic rings. The molecule has 326 valence electrons. The van der Waals surface area contributed by atoms with Gasteiger partial charge in [-0.15, -0.1) is 0 Å². The molecule has 2 aliphatic heterocycles. The highest BCUT2D eigenvalue weighted by Gasteiger charge is 2.38. The van der Waals surface area contributed by atoms with Crippen LogP contribution >= 0.6 is 0 Å². The quantitative estimate of drug-likeness (QED) is 0.240. The van der Waals surface area contributed by atoms with Crippen LogP contribution in [0.2, 0.25) is 0 Å². The van der Waals surface area contributed by atoms with E-state index in [1.165, 1.54) is 81.9 Å². The van der Waals surface area contributed by atoms with E-state index in [0.717, 1.165) is 37.8 Å². The molecule has 4 aliphatic rings. The number of nitrogens with one attached hydrogen (secondary N) is 2. The monoisotopic (exact) mass is 824 g/mol. The molecule has 3 N–H and O–H groups in total. The van der Waals surface area contributed by atoms with Gasteiger partial charge >= 0.3 is 24.5 Å². The van der Waals surface area contributed by atoms with Crippen LogP contribution in [0, 0.1) is 17.3 Å². The van der Waals surface area contributed by atoms with Crippen molar-refractivity contribution in [3.63, 3.8) is 0 Å². The Labute approximate surface area is 348 Å². The van der Waals surface area contributed by atoms with E-state index in [-0.39, 0.29) is 36.0 Å². The van der Waals surface area contributed by atoms with Crippen LogP contribution in [-0.4, -0.2) is 105 Å². The zero-order chi connectivity index (χ0) is 43.5. The minimum atomic E-state index is -0.555. The van der Waals surface area contributed by atoms with Crippen LogP contribution in [0.3, 0.4) is 0 Å². The molecule has 2 saturated heterocycles. The summed E-state index contributed by atoms with van der Waals surface area (Å²) in [7, 11) is 3.11. The lowest BCUT2D eigenvalue weighted by atomic mass is 9.75. The van der Waals surface area contributed by atoms with E-state index >= 15 is 0 Å². The zero-order valence-corrected chi connectivity index (χ0v) is 35.9. The van der Waals surface area contributed by atoms with Crippen molar-refractivity contribution in [1.29, 1.82) is 0 Å². The van der Waals surface area contributed by atoms with Gasteiger partial charge in [-0.1, -0.05) is 46.8 Å². The van der Waals surface area contributed by atoms with Crippen LogP contribution in [0.4, 0.5) is 9.59 Å². The van der Waals surface area contributed by atoms with Crippen molar-refractivity contribution in [2.24, 2.45) is 17.3 Å². The third-order valence-electron chi connectivity index (χ3n) is 11.2. The van der Waals surface area contributed by atoms with E-state index in [0.29, 0.717) is 42.0 Å². The largest absolute Gasteiger partial charge is 0.504 e. The maximum atomic E-state index is 12.4. The molecule has 4 atom stereocenters. The number of piperidine rings is 2. The van der Waals surface area contributed by atoms with Crippen molar-refractivity contribution in [3.8, 4) is 23.0 Å². The fourth-order valence-corrected chi connectivity index (χ4v) is 8.80. The molecule has 2 heterocycles. The van der Waals surface area contributed by atoms with Crippen molar-refractivity contribution in [3.05, 3.63) is 46.5 Å². The summed E-state index contributed by atoms with van der Waals surface area (Å²) < 4.78 is 21.9. The summed E-state index contributed by atoms with van der Waals surface area (Å²) in [5.41, 5.74) is 4.62. The van der Waals surface area contributed by atoms with Gasteiger partial charge in [-0.2, -0.15) is 19.2 Å². The third-order valence-corrected chi connectivity index (χ3v) is 11.2. The number of phenolic OH excluding ortho intramolecular Hbond substituents is 1. The van der Waals surface area contributed by atoms with Gasteiger partial charge in [0, 0.05) is 43.9 Å². The summed E-state index contributed by atoms with van der Waals surface area (Å²) in [5, 5.41) is 15.8. The second kappa shape index (κ2) is 24.3. The number of methoxy groups -OCH3 is 1. The van der Waals surface area contributed by atoms with E-state index in [1.54, 1.807) is 13.2 Å². The minimum absolute atomic E-state index is 0.00931. The first-order valence-corrected chi connectivity index (χ1v) is 20.7. The van der Waals surface area contributed by atoms with Crippen molar-refractivity contribution in [1.82, 2.24) is 20.4 Å².